The largest absolute Gasteiger partial charge is 0.378 e. The molecule has 0 aromatic heterocycles. The zero-order valence-corrected chi connectivity index (χ0v) is 5.44. The van der Waals surface area contributed by atoms with Crippen LogP contribution in [0.1, 0.15) is 20.3 Å². The van der Waals surface area contributed by atoms with Gasteiger partial charge in [0.15, 0.2) is 0 Å². The molecule has 0 radical (unpaired) electrons. The molecular formula is C5H11ClO. The summed E-state index contributed by atoms with van der Waals surface area (Å²) >= 11 is 5.23. The standard InChI is InChI=1S/C5H11ClO/c1-4(2)3-5(6)7/h4-5,7H,3H2,1-2H3. The van der Waals surface area contributed by atoms with Crippen molar-refractivity contribution in [1.82, 2.24) is 0 Å². The van der Waals surface area contributed by atoms with E-state index in [-0.39, 0.29) is 0 Å². The van der Waals surface area contributed by atoms with Crippen LogP contribution in [0, 0.1) is 5.92 Å². The minimum atomic E-state index is -0.653. The number of hydrogen-bond acceptors (Lipinski definition) is 1. The lowest BCUT2D eigenvalue weighted by Crippen LogP contribution is -2.00. The lowest BCUT2D eigenvalue weighted by Gasteiger charge is -2.02. The molecule has 1 N–H and O–H groups in total. The van der Waals surface area contributed by atoms with Crippen LogP contribution in [0.15, 0.2) is 0 Å². The summed E-state index contributed by atoms with van der Waals surface area (Å²) in [6.07, 6.45) is 0.682. The van der Waals surface area contributed by atoms with Crippen LogP contribution in [0.5, 0.6) is 0 Å². The van der Waals surface area contributed by atoms with Crippen LogP contribution in [0.4, 0.5) is 0 Å². The van der Waals surface area contributed by atoms with E-state index in [0.29, 0.717) is 12.3 Å². The smallest absolute Gasteiger partial charge is 0.128 e. The molecule has 2 heteroatoms. The molecule has 0 aliphatic heterocycles. The van der Waals surface area contributed by atoms with E-state index in [0.717, 1.165) is 0 Å². The van der Waals surface area contributed by atoms with Crippen molar-refractivity contribution in [2.24, 2.45) is 5.92 Å². The van der Waals surface area contributed by atoms with Crippen molar-refractivity contribution in [3.8, 4) is 0 Å². The van der Waals surface area contributed by atoms with Gasteiger partial charge < -0.3 is 5.11 Å². The monoisotopic (exact) mass is 122 g/mol. The Morgan fingerprint density at radius 1 is 1.57 bits per heavy atom. The summed E-state index contributed by atoms with van der Waals surface area (Å²) in [5.41, 5.74) is -0.653. The molecular weight excluding hydrogens is 112 g/mol. The van der Waals surface area contributed by atoms with Gasteiger partial charge >= 0.3 is 0 Å². The van der Waals surface area contributed by atoms with Crippen LogP contribution in [-0.2, 0) is 0 Å². The fourth-order valence-electron chi connectivity index (χ4n) is 0.389. The molecule has 1 nitrogen and oxygen atoms in total. The minimum Gasteiger partial charge on any atom is -0.378 e. The highest BCUT2D eigenvalue weighted by atomic mass is 35.5. The Labute approximate surface area is 49.3 Å². The number of rotatable bonds is 2. The van der Waals surface area contributed by atoms with Crippen LogP contribution in [-0.4, -0.2) is 10.7 Å². The molecule has 0 heterocycles. The summed E-state index contributed by atoms with van der Waals surface area (Å²) in [5, 5.41) is 8.49. The quantitative estimate of drug-likeness (QED) is 0.552. The van der Waals surface area contributed by atoms with Gasteiger partial charge in [-0.2, -0.15) is 0 Å². The first kappa shape index (κ1) is 7.25. The number of aliphatic hydroxyl groups excluding tert-OH is 1. The Balaban J connectivity index is 2.95. The van der Waals surface area contributed by atoms with Crippen molar-refractivity contribution in [3.63, 3.8) is 0 Å². The minimum absolute atomic E-state index is 0.493. The summed E-state index contributed by atoms with van der Waals surface area (Å²) in [6.45, 7) is 4.04. The van der Waals surface area contributed by atoms with Crippen LogP contribution in [0.2, 0.25) is 0 Å². The van der Waals surface area contributed by atoms with E-state index in [1.165, 1.54) is 0 Å². The van der Waals surface area contributed by atoms with Gasteiger partial charge in [-0.05, 0) is 12.3 Å². The fraction of sp³-hybridized carbons (Fsp3) is 1.00. The van der Waals surface area contributed by atoms with E-state index in [4.69, 9.17) is 16.7 Å². The average molecular weight is 123 g/mol. The van der Waals surface area contributed by atoms with Crippen molar-refractivity contribution in [2.45, 2.75) is 25.8 Å². The Bertz CT molecular complexity index is 37.3. The highest BCUT2D eigenvalue weighted by Gasteiger charge is 1.99. The summed E-state index contributed by atoms with van der Waals surface area (Å²) in [7, 11) is 0. The maximum absolute atomic E-state index is 8.49. The molecule has 0 fully saturated rings. The second-order valence-electron chi connectivity index (χ2n) is 2.06. The molecule has 0 aromatic carbocycles. The van der Waals surface area contributed by atoms with Crippen molar-refractivity contribution in [3.05, 3.63) is 0 Å². The Morgan fingerprint density at radius 3 is 2.00 bits per heavy atom. The Hall–Kier alpha value is 0.250. The van der Waals surface area contributed by atoms with Gasteiger partial charge in [0.05, 0.1) is 0 Å². The first-order valence-corrected chi connectivity index (χ1v) is 2.88. The molecule has 7 heavy (non-hydrogen) atoms. The average Bonchev–Trinajstić information content (AvgIpc) is 1.27. The number of halogens is 1. The van der Waals surface area contributed by atoms with Crippen LogP contribution >= 0.6 is 11.6 Å². The van der Waals surface area contributed by atoms with Gasteiger partial charge in [-0.15, -0.1) is 0 Å². The summed E-state index contributed by atoms with van der Waals surface area (Å²) < 4.78 is 0. The van der Waals surface area contributed by atoms with Crippen LogP contribution in [0.25, 0.3) is 0 Å². The van der Waals surface area contributed by atoms with Crippen molar-refractivity contribution < 1.29 is 5.11 Å². The van der Waals surface area contributed by atoms with Crippen molar-refractivity contribution in [2.75, 3.05) is 0 Å². The fourth-order valence-corrected chi connectivity index (χ4v) is 0.745. The molecule has 0 aliphatic carbocycles. The van der Waals surface area contributed by atoms with Crippen molar-refractivity contribution >= 4 is 11.6 Å². The summed E-state index contributed by atoms with van der Waals surface area (Å²) in [6, 6.07) is 0. The Kier molecular flexibility index (Phi) is 3.39. The van der Waals surface area contributed by atoms with E-state index in [1.54, 1.807) is 0 Å². The molecule has 0 bridgehead atoms. The topological polar surface area (TPSA) is 20.2 Å². The third kappa shape index (κ3) is 6.25. The van der Waals surface area contributed by atoms with E-state index in [2.05, 4.69) is 0 Å². The summed E-state index contributed by atoms with van der Waals surface area (Å²) in [5.74, 6) is 0.493. The SMILES string of the molecule is CC(C)CC(O)Cl. The lowest BCUT2D eigenvalue weighted by atomic mass is 10.1. The lowest BCUT2D eigenvalue weighted by molar-refractivity contribution is 0.226. The number of alkyl halides is 1. The van der Waals surface area contributed by atoms with Crippen molar-refractivity contribution in [1.29, 1.82) is 0 Å². The van der Waals surface area contributed by atoms with Gasteiger partial charge in [-0.1, -0.05) is 25.4 Å². The van der Waals surface area contributed by atoms with Gasteiger partial charge in [-0.25, -0.2) is 0 Å². The first-order valence-electron chi connectivity index (χ1n) is 2.45. The molecule has 0 aromatic rings. The highest BCUT2D eigenvalue weighted by molar-refractivity contribution is 6.19. The first-order chi connectivity index (χ1) is 3.13. The second-order valence-corrected chi connectivity index (χ2v) is 2.57. The van der Waals surface area contributed by atoms with Gasteiger partial charge in [0.25, 0.3) is 0 Å². The number of aliphatic hydroxyl groups is 1. The zero-order chi connectivity index (χ0) is 5.86. The molecule has 0 amide bonds. The Morgan fingerprint density at radius 2 is 2.00 bits per heavy atom. The molecule has 0 saturated carbocycles. The molecule has 1 atom stereocenters. The zero-order valence-electron chi connectivity index (χ0n) is 4.69. The van der Waals surface area contributed by atoms with E-state index in [1.807, 2.05) is 13.8 Å². The molecule has 0 spiro atoms. The summed E-state index contributed by atoms with van der Waals surface area (Å²) in [4.78, 5) is 0. The maximum atomic E-state index is 8.49. The van der Waals surface area contributed by atoms with E-state index < -0.39 is 5.56 Å². The van der Waals surface area contributed by atoms with Crippen LogP contribution < -0.4 is 0 Å². The van der Waals surface area contributed by atoms with Gasteiger partial charge in [0, 0.05) is 0 Å². The normalized spacial score (nSPS) is 15.0. The third-order valence-corrected chi connectivity index (χ3v) is 0.844. The second kappa shape index (κ2) is 3.28. The maximum Gasteiger partial charge on any atom is 0.128 e. The predicted molar refractivity (Wildman–Crippen MR) is 31.3 cm³/mol. The van der Waals surface area contributed by atoms with Crippen LogP contribution in [0.3, 0.4) is 0 Å². The third-order valence-electron chi connectivity index (χ3n) is 0.666. The molecule has 1 unspecified atom stereocenters. The molecule has 0 saturated heterocycles. The predicted octanol–water partition coefficient (Wildman–Crippen LogP) is 1.59. The van der Waals surface area contributed by atoms with E-state index in [9.17, 15) is 0 Å². The number of hydrogen-bond donors (Lipinski definition) is 1. The van der Waals surface area contributed by atoms with Gasteiger partial charge in [-0.3, -0.25) is 0 Å². The molecule has 0 aliphatic rings. The molecule has 44 valence electrons. The highest BCUT2D eigenvalue weighted by Crippen LogP contribution is 2.06. The van der Waals surface area contributed by atoms with E-state index >= 15 is 0 Å². The van der Waals surface area contributed by atoms with Gasteiger partial charge in [0.2, 0.25) is 0 Å². The molecule has 0 rings (SSSR count). The van der Waals surface area contributed by atoms with Gasteiger partial charge in [0.1, 0.15) is 5.56 Å².